The van der Waals surface area contributed by atoms with Crippen LogP contribution in [0.2, 0.25) is 0 Å². The summed E-state index contributed by atoms with van der Waals surface area (Å²) in [5.41, 5.74) is -0.904. The van der Waals surface area contributed by atoms with E-state index in [1.807, 2.05) is 0 Å². The van der Waals surface area contributed by atoms with Gasteiger partial charge in [0.2, 0.25) is 0 Å². The molecule has 82 valence electrons. The first-order chi connectivity index (χ1) is 6.65. The molecule has 3 atom stereocenters. The Morgan fingerprint density at radius 2 is 2.07 bits per heavy atom. The summed E-state index contributed by atoms with van der Waals surface area (Å²) in [6, 6.07) is 0. The second-order valence-corrected chi connectivity index (χ2v) is 4.92. The maximum atomic E-state index is 10.6. The lowest BCUT2D eigenvalue weighted by Crippen LogP contribution is -2.43. The zero-order valence-corrected chi connectivity index (χ0v) is 8.83. The van der Waals surface area contributed by atoms with Crippen LogP contribution in [-0.4, -0.2) is 35.6 Å². The summed E-state index contributed by atoms with van der Waals surface area (Å²) < 4.78 is 5.35. The molecular formula is C11H20O3. The molecule has 0 spiro atoms. The van der Waals surface area contributed by atoms with Crippen LogP contribution >= 0.6 is 0 Å². The molecule has 1 saturated heterocycles. The molecule has 0 aromatic heterocycles. The SMILES string of the molecule is CC1CC1(CO)C1(O)CCCOCC1. The number of aliphatic hydroxyl groups is 2. The van der Waals surface area contributed by atoms with Crippen LogP contribution in [0.4, 0.5) is 0 Å². The Kier molecular flexibility index (Phi) is 2.58. The van der Waals surface area contributed by atoms with Gasteiger partial charge in [-0.3, -0.25) is 0 Å². The van der Waals surface area contributed by atoms with Gasteiger partial charge >= 0.3 is 0 Å². The molecule has 1 aliphatic carbocycles. The predicted octanol–water partition coefficient (Wildman–Crippen LogP) is 0.936. The number of rotatable bonds is 2. The molecule has 2 N–H and O–H groups in total. The van der Waals surface area contributed by atoms with Gasteiger partial charge in [-0.15, -0.1) is 0 Å². The standard InChI is InChI=1S/C11H20O3/c1-9-7-10(9,8-12)11(13)3-2-5-14-6-4-11/h9,12-13H,2-8H2,1H3. The zero-order valence-electron chi connectivity index (χ0n) is 8.83. The predicted molar refractivity (Wildman–Crippen MR) is 52.9 cm³/mol. The largest absolute Gasteiger partial charge is 0.396 e. The van der Waals surface area contributed by atoms with Crippen molar-refractivity contribution in [1.29, 1.82) is 0 Å². The Bertz CT molecular complexity index is 205. The van der Waals surface area contributed by atoms with Crippen molar-refractivity contribution in [2.24, 2.45) is 11.3 Å². The first-order valence-corrected chi connectivity index (χ1v) is 5.56. The molecule has 0 aromatic carbocycles. The van der Waals surface area contributed by atoms with Gasteiger partial charge in [-0.1, -0.05) is 6.92 Å². The summed E-state index contributed by atoms with van der Waals surface area (Å²) in [7, 11) is 0. The molecule has 14 heavy (non-hydrogen) atoms. The monoisotopic (exact) mass is 200 g/mol. The van der Waals surface area contributed by atoms with Crippen LogP contribution in [0.3, 0.4) is 0 Å². The fourth-order valence-electron chi connectivity index (χ4n) is 2.94. The van der Waals surface area contributed by atoms with Gasteiger partial charge in [-0.25, -0.2) is 0 Å². The highest BCUT2D eigenvalue weighted by molar-refractivity contribution is 5.12. The van der Waals surface area contributed by atoms with Crippen LogP contribution in [-0.2, 0) is 4.74 Å². The fourth-order valence-corrected chi connectivity index (χ4v) is 2.94. The van der Waals surface area contributed by atoms with Gasteiger partial charge in [-0.2, -0.15) is 0 Å². The number of aliphatic hydroxyl groups excluding tert-OH is 1. The maximum Gasteiger partial charge on any atom is 0.0751 e. The molecule has 2 aliphatic rings. The van der Waals surface area contributed by atoms with Gasteiger partial charge in [0.05, 0.1) is 12.2 Å². The molecule has 0 aromatic rings. The maximum absolute atomic E-state index is 10.6. The van der Waals surface area contributed by atoms with E-state index < -0.39 is 5.60 Å². The van der Waals surface area contributed by atoms with Crippen molar-refractivity contribution in [3.8, 4) is 0 Å². The second kappa shape index (κ2) is 3.47. The van der Waals surface area contributed by atoms with E-state index in [-0.39, 0.29) is 12.0 Å². The van der Waals surface area contributed by atoms with Gasteiger partial charge in [0.1, 0.15) is 0 Å². The van der Waals surface area contributed by atoms with Gasteiger partial charge in [0.25, 0.3) is 0 Å². The summed E-state index contributed by atoms with van der Waals surface area (Å²) in [6.45, 7) is 3.60. The molecule has 0 bridgehead atoms. The van der Waals surface area contributed by atoms with Crippen LogP contribution < -0.4 is 0 Å². The van der Waals surface area contributed by atoms with E-state index in [0.29, 0.717) is 18.9 Å². The van der Waals surface area contributed by atoms with Gasteiger partial charge in [0.15, 0.2) is 0 Å². The molecule has 0 amide bonds. The molecule has 3 unspecified atom stereocenters. The topological polar surface area (TPSA) is 49.7 Å². The Morgan fingerprint density at radius 1 is 1.36 bits per heavy atom. The Hall–Kier alpha value is -0.120. The minimum Gasteiger partial charge on any atom is -0.396 e. The van der Waals surface area contributed by atoms with Crippen molar-refractivity contribution in [3.05, 3.63) is 0 Å². The van der Waals surface area contributed by atoms with Crippen LogP contribution in [0.1, 0.15) is 32.6 Å². The summed E-state index contributed by atoms with van der Waals surface area (Å²) in [5, 5.41) is 20.0. The summed E-state index contributed by atoms with van der Waals surface area (Å²) in [4.78, 5) is 0. The van der Waals surface area contributed by atoms with Crippen molar-refractivity contribution in [3.63, 3.8) is 0 Å². The van der Waals surface area contributed by atoms with E-state index in [1.54, 1.807) is 0 Å². The first-order valence-electron chi connectivity index (χ1n) is 5.56. The Balaban J connectivity index is 2.13. The van der Waals surface area contributed by atoms with Crippen LogP contribution in [0.15, 0.2) is 0 Å². The van der Waals surface area contributed by atoms with E-state index in [1.165, 1.54) is 0 Å². The zero-order chi connectivity index (χ0) is 10.2. The number of hydrogen-bond donors (Lipinski definition) is 2. The molecule has 1 saturated carbocycles. The van der Waals surface area contributed by atoms with Crippen molar-refractivity contribution < 1.29 is 14.9 Å². The lowest BCUT2D eigenvalue weighted by Gasteiger charge is -2.35. The average molecular weight is 200 g/mol. The molecule has 3 nitrogen and oxygen atoms in total. The van der Waals surface area contributed by atoms with Crippen LogP contribution in [0, 0.1) is 11.3 Å². The van der Waals surface area contributed by atoms with E-state index in [4.69, 9.17) is 4.74 Å². The number of hydrogen-bond acceptors (Lipinski definition) is 3. The van der Waals surface area contributed by atoms with Gasteiger partial charge in [-0.05, 0) is 25.2 Å². The smallest absolute Gasteiger partial charge is 0.0751 e. The second-order valence-electron chi connectivity index (χ2n) is 4.92. The van der Waals surface area contributed by atoms with Crippen LogP contribution in [0.25, 0.3) is 0 Å². The highest BCUT2D eigenvalue weighted by Crippen LogP contribution is 2.61. The molecule has 2 rings (SSSR count). The van der Waals surface area contributed by atoms with Crippen LogP contribution in [0.5, 0.6) is 0 Å². The lowest BCUT2D eigenvalue weighted by molar-refractivity contribution is -0.0748. The summed E-state index contributed by atoms with van der Waals surface area (Å²) in [6.07, 6.45) is 3.32. The normalized spacial score (nSPS) is 48.6. The quantitative estimate of drug-likeness (QED) is 0.697. The Labute approximate surface area is 85.1 Å². The Morgan fingerprint density at radius 3 is 2.64 bits per heavy atom. The van der Waals surface area contributed by atoms with Gasteiger partial charge in [0, 0.05) is 25.0 Å². The molecule has 3 heteroatoms. The van der Waals surface area contributed by atoms with Crippen molar-refractivity contribution >= 4 is 0 Å². The third-order valence-electron chi connectivity index (χ3n) is 4.20. The van der Waals surface area contributed by atoms with Crippen molar-refractivity contribution in [1.82, 2.24) is 0 Å². The first kappa shape index (κ1) is 10.4. The summed E-state index contributed by atoms with van der Waals surface area (Å²) >= 11 is 0. The van der Waals surface area contributed by atoms with Gasteiger partial charge < -0.3 is 14.9 Å². The van der Waals surface area contributed by atoms with E-state index in [0.717, 1.165) is 25.9 Å². The van der Waals surface area contributed by atoms with E-state index in [9.17, 15) is 10.2 Å². The fraction of sp³-hybridized carbons (Fsp3) is 1.00. The third kappa shape index (κ3) is 1.38. The van der Waals surface area contributed by atoms with E-state index >= 15 is 0 Å². The molecule has 2 fully saturated rings. The highest BCUT2D eigenvalue weighted by atomic mass is 16.5. The van der Waals surface area contributed by atoms with Crippen molar-refractivity contribution in [2.45, 2.75) is 38.2 Å². The molecule has 0 radical (unpaired) electrons. The highest BCUT2D eigenvalue weighted by Gasteiger charge is 2.63. The molecular weight excluding hydrogens is 180 g/mol. The minimum absolute atomic E-state index is 0.116. The lowest BCUT2D eigenvalue weighted by atomic mass is 9.77. The molecule has 1 aliphatic heterocycles. The summed E-state index contributed by atoms with van der Waals surface area (Å²) in [5.74, 6) is 0.454. The average Bonchev–Trinajstić information content (AvgIpc) is 2.87. The third-order valence-corrected chi connectivity index (χ3v) is 4.20. The van der Waals surface area contributed by atoms with Crippen molar-refractivity contribution in [2.75, 3.05) is 19.8 Å². The molecule has 1 heterocycles. The minimum atomic E-state index is -0.683. The van der Waals surface area contributed by atoms with E-state index in [2.05, 4.69) is 6.92 Å². The number of ether oxygens (including phenoxy) is 1.